The molecule has 0 atom stereocenters. The van der Waals surface area contributed by atoms with Gasteiger partial charge in [0, 0.05) is 36.3 Å². The summed E-state index contributed by atoms with van der Waals surface area (Å²) >= 11 is 1.12. The number of halogens is 2. The number of para-hydroxylation sites is 1. The van der Waals surface area contributed by atoms with E-state index in [9.17, 15) is 13.6 Å². The minimum atomic E-state index is -0.726. The lowest BCUT2D eigenvalue weighted by molar-refractivity contribution is 0.0985. The Hall–Kier alpha value is -2.84. The van der Waals surface area contributed by atoms with Crippen molar-refractivity contribution in [2.24, 2.45) is 0 Å². The van der Waals surface area contributed by atoms with Crippen molar-refractivity contribution in [3.05, 3.63) is 59.8 Å². The van der Waals surface area contributed by atoms with E-state index in [-0.39, 0.29) is 11.4 Å². The van der Waals surface area contributed by atoms with Crippen molar-refractivity contribution in [2.75, 3.05) is 31.1 Å². The predicted octanol–water partition coefficient (Wildman–Crippen LogP) is 5.04. The summed E-state index contributed by atoms with van der Waals surface area (Å²) in [5.74, 6) is -1.61. The molecule has 1 amide bonds. The molecule has 1 N–H and O–H groups in total. The average molecular weight is 429 g/mol. The summed E-state index contributed by atoms with van der Waals surface area (Å²) in [7, 11) is 0. The van der Waals surface area contributed by atoms with Gasteiger partial charge in [0.05, 0.1) is 10.3 Å². The molecule has 0 aliphatic rings. The SMILES string of the molecule is CCN(CC)CCN(C(=O)c1c[nH]c2ccccc12)c1nc2c(F)cc(F)cc2s1. The molecule has 2 aromatic heterocycles. The van der Waals surface area contributed by atoms with Crippen LogP contribution < -0.4 is 4.90 Å². The summed E-state index contributed by atoms with van der Waals surface area (Å²) in [5.41, 5.74) is 1.47. The Morgan fingerprint density at radius 3 is 2.67 bits per heavy atom. The highest BCUT2D eigenvalue weighted by Gasteiger charge is 2.25. The molecule has 5 nitrogen and oxygen atoms in total. The van der Waals surface area contributed by atoms with Crippen LogP contribution in [0.1, 0.15) is 24.2 Å². The van der Waals surface area contributed by atoms with Crippen molar-refractivity contribution in [2.45, 2.75) is 13.8 Å². The molecule has 8 heteroatoms. The van der Waals surface area contributed by atoms with E-state index in [4.69, 9.17) is 0 Å². The molecule has 4 aromatic rings. The third-order valence-electron chi connectivity index (χ3n) is 5.23. The molecule has 30 heavy (non-hydrogen) atoms. The molecule has 2 heterocycles. The highest BCUT2D eigenvalue weighted by molar-refractivity contribution is 7.22. The molecule has 0 unspecified atom stereocenters. The average Bonchev–Trinajstić information content (AvgIpc) is 3.35. The molecular weight excluding hydrogens is 406 g/mol. The number of fused-ring (bicyclic) bond motifs is 2. The van der Waals surface area contributed by atoms with E-state index in [2.05, 4.69) is 28.7 Å². The van der Waals surface area contributed by atoms with Gasteiger partial charge in [-0.2, -0.15) is 0 Å². The van der Waals surface area contributed by atoms with Gasteiger partial charge >= 0.3 is 0 Å². The Kier molecular flexibility index (Phi) is 5.78. The van der Waals surface area contributed by atoms with E-state index >= 15 is 0 Å². The molecule has 0 saturated carbocycles. The number of thiazole rings is 1. The zero-order valence-electron chi connectivity index (χ0n) is 16.8. The van der Waals surface area contributed by atoms with Crippen molar-refractivity contribution in [1.82, 2.24) is 14.9 Å². The number of anilines is 1. The maximum Gasteiger partial charge on any atom is 0.262 e. The highest BCUT2D eigenvalue weighted by atomic mass is 32.1. The summed E-state index contributed by atoms with van der Waals surface area (Å²) in [6.45, 7) is 6.87. The fourth-order valence-corrected chi connectivity index (χ4v) is 4.55. The molecule has 0 saturated heterocycles. The molecule has 0 aliphatic carbocycles. The summed E-state index contributed by atoms with van der Waals surface area (Å²) < 4.78 is 28.3. The molecule has 0 fully saturated rings. The second-order valence-electron chi connectivity index (χ2n) is 6.96. The Labute approximate surface area is 176 Å². The highest BCUT2D eigenvalue weighted by Crippen LogP contribution is 2.32. The standard InChI is InChI=1S/C22H22F2N4OS/c1-3-27(4-2)9-10-28(21(29)16-13-25-18-8-6-5-7-15(16)18)22-26-20-17(24)11-14(23)12-19(20)30-22/h5-8,11-13,25H,3-4,9-10H2,1-2H3. The van der Waals surface area contributed by atoms with E-state index < -0.39 is 11.6 Å². The number of H-pyrrole nitrogens is 1. The van der Waals surface area contributed by atoms with Crippen LogP contribution in [0.2, 0.25) is 0 Å². The number of hydrogen-bond donors (Lipinski definition) is 1. The number of rotatable bonds is 7. The number of benzene rings is 2. The van der Waals surface area contributed by atoms with E-state index in [1.165, 1.54) is 6.07 Å². The summed E-state index contributed by atoms with van der Waals surface area (Å²) in [6.07, 6.45) is 1.69. The normalized spacial score (nSPS) is 11.6. The summed E-state index contributed by atoms with van der Waals surface area (Å²) in [4.78, 5) is 24.8. The molecule has 0 spiro atoms. The van der Waals surface area contributed by atoms with Crippen LogP contribution in [-0.2, 0) is 0 Å². The Balaban J connectivity index is 1.76. The lowest BCUT2D eigenvalue weighted by Gasteiger charge is -2.24. The molecular formula is C22H22F2N4OS. The van der Waals surface area contributed by atoms with Crippen molar-refractivity contribution in [3.63, 3.8) is 0 Å². The number of aromatic nitrogens is 2. The number of aromatic amines is 1. The first-order chi connectivity index (χ1) is 14.5. The lowest BCUT2D eigenvalue weighted by atomic mass is 10.1. The quantitative estimate of drug-likeness (QED) is 0.448. The van der Waals surface area contributed by atoms with Crippen LogP contribution >= 0.6 is 11.3 Å². The zero-order valence-corrected chi connectivity index (χ0v) is 17.6. The van der Waals surface area contributed by atoms with Gasteiger partial charge < -0.3 is 9.88 Å². The second-order valence-corrected chi connectivity index (χ2v) is 7.97. The van der Waals surface area contributed by atoms with Gasteiger partial charge in [-0.25, -0.2) is 13.8 Å². The maximum atomic E-state index is 14.2. The van der Waals surface area contributed by atoms with E-state index in [0.717, 1.165) is 41.4 Å². The van der Waals surface area contributed by atoms with E-state index in [1.807, 2.05) is 24.3 Å². The number of hydrogen-bond acceptors (Lipinski definition) is 4. The number of carbonyl (C=O) groups excluding carboxylic acids is 1. The van der Waals surface area contributed by atoms with Crippen molar-refractivity contribution in [1.29, 1.82) is 0 Å². The molecule has 0 bridgehead atoms. The van der Waals surface area contributed by atoms with Crippen LogP contribution in [0.3, 0.4) is 0 Å². The van der Waals surface area contributed by atoms with Crippen LogP contribution in [0.4, 0.5) is 13.9 Å². The fraction of sp³-hybridized carbons (Fsp3) is 0.273. The van der Waals surface area contributed by atoms with Crippen molar-refractivity contribution in [3.8, 4) is 0 Å². The van der Waals surface area contributed by atoms with Gasteiger partial charge in [-0.05, 0) is 25.2 Å². The van der Waals surface area contributed by atoms with Crippen LogP contribution in [0, 0.1) is 11.6 Å². The fourth-order valence-electron chi connectivity index (χ4n) is 3.52. The minimum absolute atomic E-state index is 0.0796. The first-order valence-corrected chi connectivity index (χ1v) is 10.7. The van der Waals surface area contributed by atoms with Gasteiger partial charge in [0.2, 0.25) is 0 Å². The number of likely N-dealkylation sites (N-methyl/N-ethyl adjacent to an activating group) is 1. The number of carbonyl (C=O) groups is 1. The second kappa shape index (κ2) is 8.49. The Morgan fingerprint density at radius 2 is 1.90 bits per heavy atom. The first-order valence-electron chi connectivity index (χ1n) is 9.87. The Morgan fingerprint density at radius 1 is 1.13 bits per heavy atom. The van der Waals surface area contributed by atoms with Crippen LogP contribution in [0.5, 0.6) is 0 Å². The van der Waals surface area contributed by atoms with Gasteiger partial charge in [-0.1, -0.05) is 43.4 Å². The molecule has 0 aliphatic heterocycles. The van der Waals surface area contributed by atoms with Crippen LogP contribution in [0.15, 0.2) is 42.6 Å². The smallest absolute Gasteiger partial charge is 0.262 e. The molecule has 0 radical (unpaired) electrons. The van der Waals surface area contributed by atoms with Crippen molar-refractivity contribution >= 4 is 43.5 Å². The van der Waals surface area contributed by atoms with Gasteiger partial charge in [0.15, 0.2) is 10.9 Å². The van der Waals surface area contributed by atoms with Gasteiger partial charge in [0.1, 0.15) is 11.3 Å². The molecule has 156 valence electrons. The topological polar surface area (TPSA) is 52.2 Å². The molecule has 4 rings (SSSR count). The predicted molar refractivity (Wildman–Crippen MR) is 117 cm³/mol. The van der Waals surface area contributed by atoms with E-state index in [1.54, 1.807) is 11.1 Å². The maximum absolute atomic E-state index is 14.2. The van der Waals surface area contributed by atoms with Crippen LogP contribution in [0.25, 0.3) is 21.1 Å². The zero-order chi connectivity index (χ0) is 21.3. The largest absolute Gasteiger partial charge is 0.360 e. The van der Waals surface area contributed by atoms with Gasteiger partial charge in [-0.15, -0.1) is 0 Å². The monoisotopic (exact) mass is 428 g/mol. The summed E-state index contributed by atoms with van der Waals surface area (Å²) in [5, 5.41) is 1.17. The third-order valence-corrected chi connectivity index (χ3v) is 6.26. The van der Waals surface area contributed by atoms with Gasteiger partial charge in [-0.3, -0.25) is 9.69 Å². The molecule has 2 aromatic carbocycles. The van der Waals surface area contributed by atoms with E-state index in [0.29, 0.717) is 28.5 Å². The Bertz CT molecular complexity index is 1200. The van der Waals surface area contributed by atoms with Crippen molar-refractivity contribution < 1.29 is 13.6 Å². The number of amides is 1. The third kappa shape index (κ3) is 3.80. The minimum Gasteiger partial charge on any atom is -0.360 e. The van der Waals surface area contributed by atoms with Gasteiger partial charge in [0.25, 0.3) is 5.91 Å². The lowest BCUT2D eigenvalue weighted by Crippen LogP contribution is -2.38. The summed E-state index contributed by atoms with van der Waals surface area (Å²) in [6, 6.07) is 9.63. The van der Waals surface area contributed by atoms with Crippen LogP contribution in [-0.4, -0.2) is 47.0 Å². The number of nitrogens with one attached hydrogen (secondary N) is 1. The first kappa shape index (κ1) is 20.4. The number of nitrogens with zero attached hydrogens (tertiary/aromatic N) is 3.